The molecule has 0 unspecified atom stereocenters. The molecule has 2 heterocycles. The van der Waals surface area contributed by atoms with E-state index < -0.39 is 9.84 Å². The first-order valence-corrected chi connectivity index (χ1v) is 9.69. The molecule has 1 fully saturated rings. The van der Waals surface area contributed by atoms with E-state index in [1.165, 1.54) is 11.9 Å². The molecule has 0 aliphatic carbocycles. The molecule has 0 amide bonds. The van der Waals surface area contributed by atoms with Gasteiger partial charge >= 0.3 is 0 Å². The van der Waals surface area contributed by atoms with Crippen LogP contribution in [0.3, 0.4) is 0 Å². The van der Waals surface area contributed by atoms with Crippen LogP contribution in [0.25, 0.3) is 5.69 Å². The fourth-order valence-electron chi connectivity index (χ4n) is 3.20. The van der Waals surface area contributed by atoms with Crippen molar-refractivity contribution in [3.05, 3.63) is 42.0 Å². The van der Waals surface area contributed by atoms with Crippen molar-refractivity contribution in [3.63, 3.8) is 0 Å². The van der Waals surface area contributed by atoms with Crippen molar-refractivity contribution >= 4 is 9.84 Å². The molecule has 2 aromatic rings. The molecule has 0 N–H and O–H groups in total. The molecule has 124 valence electrons. The third kappa shape index (κ3) is 3.61. The van der Waals surface area contributed by atoms with Gasteiger partial charge < -0.3 is 0 Å². The Morgan fingerprint density at radius 3 is 2.78 bits per heavy atom. The van der Waals surface area contributed by atoms with Crippen LogP contribution in [-0.4, -0.2) is 52.2 Å². The number of rotatable bonds is 5. The third-order valence-corrected chi connectivity index (χ3v) is 6.19. The molecule has 1 aliphatic rings. The van der Waals surface area contributed by atoms with Gasteiger partial charge in [-0.25, -0.2) is 18.1 Å². The van der Waals surface area contributed by atoms with Crippen LogP contribution in [0.1, 0.15) is 24.5 Å². The maximum Gasteiger partial charge on any atom is 0.151 e. The van der Waals surface area contributed by atoms with Gasteiger partial charge in [-0.3, -0.25) is 4.90 Å². The van der Waals surface area contributed by atoms with Gasteiger partial charge in [-0.15, -0.1) is 0 Å². The molecule has 1 aliphatic heterocycles. The van der Waals surface area contributed by atoms with Gasteiger partial charge in [-0.2, -0.15) is 5.10 Å². The number of benzene rings is 1. The van der Waals surface area contributed by atoms with Crippen molar-refractivity contribution in [2.24, 2.45) is 0 Å². The first-order chi connectivity index (χ1) is 11.0. The van der Waals surface area contributed by atoms with Crippen molar-refractivity contribution in [2.75, 3.05) is 18.1 Å². The van der Waals surface area contributed by atoms with E-state index in [0.29, 0.717) is 5.75 Å². The van der Waals surface area contributed by atoms with E-state index >= 15 is 0 Å². The smallest absolute Gasteiger partial charge is 0.151 e. The van der Waals surface area contributed by atoms with Gasteiger partial charge in [0.05, 0.1) is 17.2 Å². The maximum atomic E-state index is 11.7. The topological polar surface area (TPSA) is 68.1 Å². The summed E-state index contributed by atoms with van der Waals surface area (Å²) >= 11 is 0. The summed E-state index contributed by atoms with van der Waals surface area (Å²) in [4.78, 5) is 6.23. The Kier molecular flexibility index (Phi) is 4.50. The molecular formula is C16H22N4O2S. The molecule has 0 bridgehead atoms. The summed E-state index contributed by atoms with van der Waals surface area (Å²) in [5.41, 5.74) is 3.33. The van der Waals surface area contributed by atoms with Crippen LogP contribution in [0.5, 0.6) is 0 Å². The Bertz CT molecular complexity index is 771. The Hall–Kier alpha value is -1.73. The van der Waals surface area contributed by atoms with Gasteiger partial charge in [0.15, 0.2) is 9.84 Å². The molecule has 1 saturated heterocycles. The average molecular weight is 334 g/mol. The van der Waals surface area contributed by atoms with Crippen molar-refractivity contribution < 1.29 is 8.42 Å². The van der Waals surface area contributed by atoms with E-state index in [9.17, 15) is 8.42 Å². The van der Waals surface area contributed by atoms with Gasteiger partial charge in [-0.05, 0) is 37.1 Å². The summed E-state index contributed by atoms with van der Waals surface area (Å²) in [5.74, 6) is 0.606. The van der Waals surface area contributed by atoms with Crippen molar-refractivity contribution in [1.29, 1.82) is 0 Å². The second kappa shape index (κ2) is 6.41. The Labute approximate surface area is 137 Å². The van der Waals surface area contributed by atoms with Gasteiger partial charge in [0.1, 0.15) is 12.7 Å². The monoisotopic (exact) mass is 334 g/mol. The lowest BCUT2D eigenvalue weighted by Gasteiger charge is -2.26. The van der Waals surface area contributed by atoms with Crippen molar-refractivity contribution in [3.8, 4) is 5.69 Å². The summed E-state index contributed by atoms with van der Waals surface area (Å²) in [6.07, 6.45) is 3.95. The van der Waals surface area contributed by atoms with Crippen molar-refractivity contribution in [1.82, 2.24) is 19.7 Å². The van der Waals surface area contributed by atoms with E-state index in [2.05, 4.69) is 41.0 Å². The third-order valence-electron chi connectivity index (χ3n) is 4.44. The first-order valence-electron chi connectivity index (χ1n) is 7.87. The summed E-state index contributed by atoms with van der Waals surface area (Å²) in [6, 6.07) is 6.40. The fourth-order valence-corrected chi connectivity index (χ4v) is 4.96. The van der Waals surface area contributed by atoms with E-state index in [1.807, 2.05) is 6.07 Å². The first kappa shape index (κ1) is 16.1. The normalized spacial score (nSPS) is 20.2. The summed E-state index contributed by atoms with van der Waals surface area (Å²) in [5, 5.41) is 4.16. The van der Waals surface area contributed by atoms with Crippen LogP contribution in [0.4, 0.5) is 0 Å². The van der Waals surface area contributed by atoms with Crippen LogP contribution in [0.15, 0.2) is 30.9 Å². The van der Waals surface area contributed by atoms with E-state index in [-0.39, 0.29) is 11.8 Å². The molecule has 6 nitrogen and oxygen atoms in total. The van der Waals surface area contributed by atoms with Crippen LogP contribution in [-0.2, 0) is 16.4 Å². The SMILES string of the molecule is CCN(Cc1ccc(-n2cncn2)c(C)c1)[C@@H]1CCS(=O)(=O)C1. The Morgan fingerprint density at radius 1 is 1.39 bits per heavy atom. The van der Waals surface area contributed by atoms with Gasteiger partial charge in [0.25, 0.3) is 0 Å². The lowest BCUT2D eigenvalue weighted by atomic mass is 10.1. The van der Waals surface area contributed by atoms with Crippen molar-refractivity contribution in [2.45, 2.75) is 32.9 Å². The zero-order valence-electron chi connectivity index (χ0n) is 13.5. The molecule has 0 spiro atoms. The lowest BCUT2D eigenvalue weighted by molar-refractivity contribution is 0.215. The van der Waals surface area contributed by atoms with Crippen LogP contribution in [0, 0.1) is 6.92 Å². The quantitative estimate of drug-likeness (QED) is 0.830. The fraction of sp³-hybridized carbons (Fsp3) is 0.500. The van der Waals surface area contributed by atoms with Gasteiger partial charge in [-0.1, -0.05) is 19.1 Å². The van der Waals surface area contributed by atoms with E-state index in [1.54, 1.807) is 11.0 Å². The minimum absolute atomic E-state index is 0.139. The lowest BCUT2D eigenvalue weighted by Crippen LogP contribution is -2.35. The zero-order chi connectivity index (χ0) is 16.4. The number of hydrogen-bond acceptors (Lipinski definition) is 5. The zero-order valence-corrected chi connectivity index (χ0v) is 14.3. The number of nitrogens with zero attached hydrogens (tertiary/aromatic N) is 4. The van der Waals surface area contributed by atoms with Crippen LogP contribution < -0.4 is 0 Å². The number of hydrogen-bond donors (Lipinski definition) is 0. The van der Waals surface area contributed by atoms with E-state index in [0.717, 1.165) is 30.8 Å². The molecule has 1 aromatic carbocycles. The van der Waals surface area contributed by atoms with Gasteiger partial charge in [0, 0.05) is 12.6 Å². The van der Waals surface area contributed by atoms with Gasteiger partial charge in [0.2, 0.25) is 0 Å². The Balaban J connectivity index is 1.75. The highest BCUT2D eigenvalue weighted by Gasteiger charge is 2.31. The standard InChI is InChI=1S/C16H22N4O2S/c1-3-19(15-6-7-23(21,22)10-15)9-14-4-5-16(13(2)8-14)20-12-17-11-18-20/h4-5,8,11-12,15H,3,6-7,9-10H2,1-2H3/t15-/m1/s1. The van der Waals surface area contributed by atoms with Crippen LogP contribution in [0.2, 0.25) is 0 Å². The molecule has 23 heavy (non-hydrogen) atoms. The summed E-state index contributed by atoms with van der Waals surface area (Å²) in [6.45, 7) is 5.76. The predicted octanol–water partition coefficient (Wildman–Crippen LogP) is 1.58. The number of sulfone groups is 1. The summed E-state index contributed by atoms with van der Waals surface area (Å²) in [7, 11) is -2.85. The molecule has 1 atom stereocenters. The minimum Gasteiger partial charge on any atom is -0.295 e. The summed E-state index contributed by atoms with van der Waals surface area (Å²) < 4.78 is 25.2. The number of aromatic nitrogens is 3. The maximum absolute atomic E-state index is 11.7. The highest BCUT2D eigenvalue weighted by Crippen LogP contribution is 2.21. The van der Waals surface area contributed by atoms with Crippen LogP contribution >= 0.6 is 0 Å². The highest BCUT2D eigenvalue weighted by atomic mass is 32.2. The average Bonchev–Trinajstić information content (AvgIpc) is 3.14. The highest BCUT2D eigenvalue weighted by molar-refractivity contribution is 7.91. The molecule has 0 radical (unpaired) electrons. The molecule has 1 aromatic heterocycles. The second-order valence-corrected chi connectivity index (χ2v) is 8.31. The molecule has 3 rings (SSSR count). The number of aryl methyl sites for hydroxylation is 1. The Morgan fingerprint density at radius 2 is 2.22 bits per heavy atom. The minimum atomic E-state index is -2.85. The molecule has 7 heteroatoms. The molecular weight excluding hydrogens is 312 g/mol. The van der Waals surface area contributed by atoms with E-state index in [4.69, 9.17) is 0 Å². The second-order valence-electron chi connectivity index (χ2n) is 6.08. The molecule has 0 saturated carbocycles. The predicted molar refractivity (Wildman–Crippen MR) is 89.2 cm³/mol. The largest absolute Gasteiger partial charge is 0.295 e.